The molecule has 2 aromatic carbocycles. The molecule has 2 amide bonds. The third-order valence-corrected chi connectivity index (χ3v) is 3.16. The maximum absolute atomic E-state index is 12.0. The van der Waals surface area contributed by atoms with Gasteiger partial charge in [0.15, 0.2) is 10.2 Å². The van der Waals surface area contributed by atoms with Crippen molar-refractivity contribution in [3.8, 4) is 0 Å². The lowest BCUT2D eigenvalue weighted by Gasteiger charge is -2.23. The van der Waals surface area contributed by atoms with Gasteiger partial charge in [0, 0.05) is 5.69 Å². The first kappa shape index (κ1) is 17.4. The van der Waals surface area contributed by atoms with E-state index in [1.165, 1.54) is 5.01 Å². The standard InChI is InChI=1S/C15H16N6OS2/c16-13(23)21(12-9-5-2-6-10-12)20-14(22)18-19-15(24)17-11-7-3-1-4-8-11/h1-10H,(H2,16,23)(H2,17,19,24)(H2,18,20,22). The van der Waals surface area contributed by atoms with E-state index >= 15 is 0 Å². The quantitative estimate of drug-likeness (QED) is 0.412. The molecule has 6 N–H and O–H groups in total. The number of nitrogens with two attached hydrogens (primary N) is 1. The van der Waals surface area contributed by atoms with E-state index in [1.54, 1.807) is 24.3 Å². The van der Waals surface area contributed by atoms with Gasteiger partial charge in [-0.25, -0.2) is 20.7 Å². The summed E-state index contributed by atoms with van der Waals surface area (Å²) >= 11 is 10.0. The van der Waals surface area contributed by atoms with Gasteiger partial charge in [-0.1, -0.05) is 36.4 Å². The molecule has 0 aliphatic rings. The van der Waals surface area contributed by atoms with E-state index in [2.05, 4.69) is 21.6 Å². The highest BCUT2D eigenvalue weighted by Gasteiger charge is 2.12. The van der Waals surface area contributed by atoms with Crippen LogP contribution in [0.4, 0.5) is 16.2 Å². The summed E-state index contributed by atoms with van der Waals surface area (Å²) < 4.78 is 0. The summed E-state index contributed by atoms with van der Waals surface area (Å²) in [6, 6.07) is 17.7. The van der Waals surface area contributed by atoms with Crippen LogP contribution in [0.1, 0.15) is 0 Å². The van der Waals surface area contributed by atoms with E-state index < -0.39 is 6.03 Å². The summed E-state index contributed by atoms with van der Waals surface area (Å²) in [5.74, 6) is 0. The number of hydrogen-bond acceptors (Lipinski definition) is 3. The Morgan fingerprint density at radius 2 is 1.50 bits per heavy atom. The number of amides is 2. The lowest BCUT2D eigenvalue weighted by molar-refractivity contribution is 0.239. The highest BCUT2D eigenvalue weighted by molar-refractivity contribution is 7.80. The van der Waals surface area contributed by atoms with Gasteiger partial charge in [0.25, 0.3) is 0 Å². The first-order chi connectivity index (χ1) is 11.6. The summed E-state index contributed by atoms with van der Waals surface area (Å²) in [5.41, 5.74) is 14.5. The van der Waals surface area contributed by atoms with Crippen LogP contribution in [0.15, 0.2) is 60.7 Å². The molecule has 7 nitrogen and oxygen atoms in total. The molecule has 0 fully saturated rings. The lowest BCUT2D eigenvalue weighted by Crippen LogP contribution is -2.56. The van der Waals surface area contributed by atoms with Crippen LogP contribution in [0.3, 0.4) is 0 Å². The molecule has 0 atom stereocenters. The summed E-state index contributed by atoms with van der Waals surface area (Å²) in [5, 5.41) is 4.43. The van der Waals surface area contributed by atoms with Crippen LogP contribution in [0.25, 0.3) is 0 Å². The Morgan fingerprint density at radius 3 is 2.08 bits per heavy atom. The van der Waals surface area contributed by atoms with Crippen molar-refractivity contribution in [3.63, 3.8) is 0 Å². The zero-order valence-electron chi connectivity index (χ0n) is 12.5. The molecule has 2 rings (SSSR count). The van der Waals surface area contributed by atoms with Crippen molar-refractivity contribution in [3.05, 3.63) is 60.7 Å². The van der Waals surface area contributed by atoms with Crippen LogP contribution < -0.4 is 32.3 Å². The van der Waals surface area contributed by atoms with Crippen LogP contribution >= 0.6 is 24.4 Å². The number of nitrogens with zero attached hydrogens (tertiary/aromatic N) is 1. The molecule has 9 heteroatoms. The fourth-order valence-electron chi connectivity index (χ4n) is 1.75. The van der Waals surface area contributed by atoms with Crippen molar-refractivity contribution >= 4 is 52.1 Å². The number of hydrogen-bond donors (Lipinski definition) is 5. The number of thiocarbonyl (C=S) groups is 2. The van der Waals surface area contributed by atoms with Gasteiger partial charge in [0.1, 0.15) is 0 Å². The number of benzene rings is 2. The maximum atomic E-state index is 12.0. The topological polar surface area (TPSA) is 94.5 Å². The highest BCUT2D eigenvalue weighted by Crippen LogP contribution is 2.10. The molecule has 0 saturated heterocycles. The SMILES string of the molecule is NC(=S)N(NC(=O)NNC(=S)Nc1ccccc1)c1ccccc1. The second kappa shape index (κ2) is 8.65. The Hall–Kier alpha value is -2.91. The number of nitrogens with one attached hydrogen (secondary N) is 4. The molecular weight excluding hydrogens is 344 g/mol. The molecule has 24 heavy (non-hydrogen) atoms. The third-order valence-electron chi connectivity index (χ3n) is 2.77. The smallest absolute Gasteiger partial charge is 0.352 e. The highest BCUT2D eigenvalue weighted by atomic mass is 32.1. The van der Waals surface area contributed by atoms with E-state index in [-0.39, 0.29) is 10.2 Å². The van der Waals surface area contributed by atoms with Crippen molar-refractivity contribution in [1.82, 2.24) is 16.3 Å². The molecule has 0 aliphatic heterocycles. The predicted molar refractivity (Wildman–Crippen MR) is 103 cm³/mol. The van der Waals surface area contributed by atoms with Gasteiger partial charge in [-0.15, -0.1) is 0 Å². The molecule has 2 aromatic rings. The van der Waals surface area contributed by atoms with E-state index in [0.717, 1.165) is 5.69 Å². The number of hydrazine groups is 2. The number of carbonyl (C=O) groups is 1. The van der Waals surface area contributed by atoms with Crippen LogP contribution in [0.2, 0.25) is 0 Å². The van der Waals surface area contributed by atoms with Gasteiger partial charge in [-0.2, -0.15) is 0 Å². The molecular formula is C15H16N6OS2. The van der Waals surface area contributed by atoms with Crippen molar-refractivity contribution in [2.75, 3.05) is 10.3 Å². The molecule has 0 unspecified atom stereocenters. The minimum atomic E-state index is -0.580. The molecule has 0 aromatic heterocycles. The van der Waals surface area contributed by atoms with Crippen LogP contribution in [-0.2, 0) is 0 Å². The average molecular weight is 360 g/mol. The summed E-state index contributed by atoms with van der Waals surface area (Å²) in [4.78, 5) is 12.0. The Labute approximate surface area is 150 Å². The van der Waals surface area contributed by atoms with E-state index in [4.69, 9.17) is 30.2 Å². The molecule has 124 valence electrons. The van der Waals surface area contributed by atoms with Crippen molar-refractivity contribution in [1.29, 1.82) is 0 Å². The number of carbonyl (C=O) groups excluding carboxylic acids is 1. The van der Waals surface area contributed by atoms with Gasteiger partial charge >= 0.3 is 6.03 Å². The number of para-hydroxylation sites is 2. The summed E-state index contributed by atoms with van der Waals surface area (Å²) in [6.07, 6.45) is 0. The zero-order valence-corrected chi connectivity index (χ0v) is 14.2. The summed E-state index contributed by atoms with van der Waals surface area (Å²) in [7, 11) is 0. The first-order valence-electron chi connectivity index (χ1n) is 6.89. The van der Waals surface area contributed by atoms with Crippen LogP contribution in [-0.4, -0.2) is 16.3 Å². The van der Waals surface area contributed by atoms with Crippen LogP contribution in [0.5, 0.6) is 0 Å². The molecule has 0 heterocycles. The van der Waals surface area contributed by atoms with E-state index in [9.17, 15) is 4.79 Å². The average Bonchev–Trinajstić information content (AvgIpc) is 2.59. The number of urea groups is 1. The Balaban J connectivity index is 1.85. The second-order valence-corrected chi connectivity index (χ2v) is 5.35. The Bertz CT molecular complexity index is 710. The van der Waals surface area contributed by atoms with Gasteiger partial charge < -0.3 is 11.1 Å². The summed E-state index contributed by atoms with van der Waals surface area (Å²) in [6.45, 7) is 0. The molecule has 0 bridgehead atoms. The second-order valence-electron chi connectivity index (χ2n) is 4.52. The van der Waals surface area contributed by atoms with Gasteiger partial charge in [-0.3, -0.25) is 5.43 Å². The number of rotatable bonds is 2. The van der Waals surface area contributed by atoms with Crippen molar-refractivity contribution in [2.45, 2.75) is 0 Å². The van der Waals surface area contributed by atoms with E-state index in [1.807, 2.05) is 36.4 Å². The monoisotopic (exact) mass is 360 g/mol. The van der Waals surface area contributed by atoms with Crippen molar-refractivity contribution in [2.24, 2.45) is 5.73 Å². The minimum Gasteiger partial charge on any atom is -0.374 e. The van der Waals surface area contributed by atoms with Gasteiger partial charge in [-0.05, 0) is 48.7 Å². The molecule has 0 aliphatic carbocycles. The molecule has 0 radical (unpaired) electrons. The maximum Gasteiger partial charge on any atom is 0.352 e. The van der Waals surface area contributed by atoms with E-state index in [0.29, 0.717) is 5.69 Å². The largest absolute Gasteiger partial charge is 0.374 e. The normalized spacial score (nSPS) is 9.50. The Morgan fingerprint density at radius 1 is 0.917 bits per heavy atom. The fourth-order valence-corrected chi connectivity index (χ4v) is 2.07. The van der Waals surface area contributed by atoms with Crippen LogP contribution in [0, 0.1) is 0 Å². The van der Waals surface area contributed by atoms with Gasteiger partial charge in [0.2, 0.25) is 0 Å². The third kappa shape index (κ3) is 5.38. The Kier molecular flexibility index (Phi) is 6.29. The lowest BCUT2D eigenvalue weighted by atomic mass is 10.3. The number of anilines is 2. The predicted octanol–water partition coefficient (Wildman–Crippen LogP) is 1.85. The zero-order chi connectivity index (χ0) is 17.4. The molecule has 0 saturated carbocycles. The first-order valence-corrected chi connectivity index (χ1v) is 7.71. The van der Waals surface area contributed by atoms with Gasteiger partial charge in [0.05, 0.1) is 5.69 Å². The fraction of sp³-hybridized carbons (Fsp3) is 0. The molecule has 0 spiro atoms. The van der Waals surface area contributed by atoms with Crippen molar-refractivity contribution < 1.29 is 4.79 Å². The minimum absolute atomic E-state index is 0.00124.